The smallest absolute Gasteiger partial charge is 0.122 e. The maximum atomic E-state index is 6.01. The Labute approximate surface area is 110 Å². The van der Waals surface area contributed by atoms with Crippen LogP contribution in [0.5, 0.6) is 5.75 Å². The first-order chi connectivity index (χ1) is 8.86. The summed E-state index contributed by atoms with van der Waals surface area (Å²) in [6.07, 6.45) is 3.79. The average molecular weight is 248 g/mol. The number of rotatable bonds is 5. The van der Waals surface area contributed by atoms with Crippen molar-refractivity contribution in [1.82, 2.24) is 5.32 Å². The van der Waals surface area contributed by atoms with E-state index in [0.29, 0.717) is 25.1 Å². The summed E-state index contributed by atoms with van der Waals surface area (Å²) in [7, 11) is 0. The zero-order valence-electron chi connectivity index (χ0n) is 11.2. The molecule has 0 bridgehead atoms. The third-order valence-corrected chi connectivity index (χ3v) is 3.71. The van der Waals surface area contributed by atoms with E-state index in [9.17, 15) is 0 Å². The van der Waals surface area contributed by atoms with Crippen LogP contribution in [0.3, 0.4) is 0 Å². The highest BCUT2D eigenvalue weighted by atomic mass is 16.5. The zero-order valence-corrected chi connectivity index (χ0v) is 11.2. The third-order valence-electron chi connectivity index (χ3n) is 3.71. The number of benzene rings is 1. The standard InChI is InChI=1S/C15H24N2O/c1-2-18-15-9-4-3-7-12(15)13(11-16)14-8-5-6-10-17-14/h3-4,7,9,13-14,17H,2,5-6,8,10-11,16H2,1H3. The normalized spacial score (nSPS) is 21.6. The molecular weight excluding hydrogens is 224 g/mol. The highest BCUT2D eigenvalue weighted by molar-refractivity contribution is 5.37. The van der Waals surface area contributed by atoms with Crippen molar-refractivity contribution >= 4 is 0 Å². The first kappa shape index (κ1) is 13.4. The van der Waals surface area contributed by atoms with E-state index in [1.54, 1.807) is 0 Å². The summed E-state index contributed by atoms with van der Waals surface area (Å²) < 4.78 is 5.73. The van der Waals surface area contributed by atoms with E-state index in [-0.39, 0.29) is 0 Å². The molecule has 1 fully saturated rings. The van der Waals surface area contributed by atoms with Gasteiger partial charge in [0.15, 0.2) is 0 Å². The molecular formula is C15H24N2O. The van der Waals surface area contributed by atoms with Gasteiger partial charge in [-0.3, -0.25) is 0 Å². The minimum absolute atomic E-state index is 0.355. The lowest BCUT2D eigenvalue weighted by Gasteiger charge is -2.31. The van der Waals surface area contributed by atoms with Crippen LogP contribution in [0.25, 0.3) is 0 Å². The van der Waals surface area contributed by atoms with E-state index in [0.717, 1.165) is 12.3 Å². The number of para-hydroxylation sites is 1. The Hall–Kier alpha value is -1.06. The van der Waals surface area contributed by atoms with Crippen LogP contribution in [0.2, 0.25) is 0 Å². The Morgan fingerprint density at radius 3 is 2.89 bits per heavy atom. The van der Waals surface area contributed by atoms with Gasteiger partial charge in [-0.15, -0.1) is 0 Å². The van der Waals surface area contributed by atoms with E-state index < -0.39 is 0 Å². The molecule has 1 aromatic carbocycles. The lowest BCUT2D eigenvalue weighted by molar-refractivity contribution is 0.317. The molecule has 2 rings (SSSR count). The Kier molecular flexibility index (Phi) is 5.02. The van der Waals surface area contributed by atoms with Crippen molar-refractivity contribution in [2.24, 2.45) is 5.73 Å². The predicted octanol–water partition coefficient (Wildman–Crippen LogP) is 2.27. The molecule has 3 heteroatoms. The SMILES string of the molecule is CCOc1ccccc1C(CN)C1CCCCN1. The summed E-state index contributed by atoms with van der Waals surface area (Å²) in [6.45, 7) is 4.50. The van der Waals surface area contributed by atoms with Crippen LogP contribution in [0, 0.1) is 0 Å². The summed E-state index contributed by atoms with van der Waals surface area (Å²) in [5.74, 6) is 1.34. The van der Waals surface area contributed by atoms with Crippen molar-refractivity contribution in [3.63, 3.8) is 0 Å². The largest absolute Gasteiger partial charge is 0.494 e. The first-order valence-corrected chi connectivity index (χ1v) is 7.02. The van der Waals surface area contributed by atoms with Gasteiger partial charge >= 0.3 is 0 Å². The number of hydrogen-bond donors (Lipinski definition) is 2. The molecule has 1 aromatic rings. The van der Waals surface area contributed by atoms with E-state index in [4.69, 9.17) is 10.5 Å². The second-order valence-corrected chi connectivity index (χ2v) is 4.87. The molecule has 1 heterocycles. The lowest BCUT2D eigenvalue weighted by atomic mass is 9.86. The predicted molar refractivity (Wildman–Crippen MR) is 75.0 cm³/mol. The van der Waals surface area contributed by atoms with Gasteiger partial charge in [0.05, 0.1) is 6.61 Å². The van der Waals surface area contributed by atoms with Crippen molar-refractivity contribution in [1.29, 1.82) is 0 Å². The number of hydrogen-bond acceptors (Lipinski definition) is 3. The van der Waals surface area contributed by atoms with Crippen LogP contribution in [-0.4, -0.2) is 25.7 Å². The van der Waals surface area contributed by atoms with Crippen molar-refractivity contribution in [3.8, 4) is 5.75 Å². The Balaban J connectivity index is 2.20. The van der Waals surface area contributed by atoms with Gasteiger partial charge in [0.25, 0.3) is 0 Å². The van der Waals surface area contributed by atoms with Crippen LogP contribution in [-0.2, 0) is 0 Å². The first-order valence-electron chi connectivity index (χ1n) is 7.02. The van der Waals surface area contributed by atoms with Gasteiger partial charge in [0.1, 0.15) is 5.75 Å². The molecule has 1 aliphatic heterocycles. The molecule has 1 saturated heterocycles. The average Bonchev–Trinajstić information content (AvgIpc) is 2.43. The molecule has 0 aliphatic carbocycles. The van der Waals surface area contributed by atoms with E-state index >= 15 is 0 Å². The van der Waals surface area contributed by atoms with Crippen LogP contribution in [0.4, 0.5) is 0 Å². The van der Waals surface area contributed by atoms with Crippen LogP contribution < -0.4 is 15.8 Å². The minimum atomic E-state index is 0.355. The summed E-state index contributed by atoms with van der Waals surface area (Å²) in [5, 5.41) is 3.60. The van der Waals surface area contributed by atoms with Gasteiger partial charge in [0.2, 0.25) is 0 Å². The molecule has 0 aromatic heterocycles. The maximum absolute atomic E-state index is 6.01. The Bertz CT molecular complexity index is 361. The number of piperidine rings is 1. The van der Waals surface area contributed by atoms with Crippen LogP contribution in [0.15, 0.2) is 24.3 Å². The van der Waals surface area contributed by atoms with Gasteiger partial charge < -0.3 is 15.8 Å². The topological polar surface area (TPSA) is 47.3 Å². The van der Waals surface area contributed by atoms with Gasteiger partial charge in [0, 0.05) is 24.1 Å². The number of ether oxygens (including phenoxy) is 1. The summed E-state index contributed by atoms with van der Waals surface area (Å²) in [5.41, 5.74) is 7.26. The quantitative estimate of drug-likeness (QED) is 0.840. The fraction of sp³-hybridized carbons (Fsp3) is 0.600. The molecule has 18 heavy (non-hydrogen) atoms. The fourth-order valence-electron chi connectivity index (χ4n) is 2.80. The van der Waals surface area contributed by atoms with E-state index in [2.05, 4.69) is 17.4 Å². The third kappa shape index (κ3) is 3.03. The highest BCUT2D eigenvalue weighted by Gasteiger charge is 2.25. The fourth-order valence-corrected chi connectivity index (χ4v) is 2.80. The van der Waals surface area contributed by atoms with Crippen LogP contribution >= 0.6 is 0 Å². The summed E-state index contributed by atoms with van der Waals surface area (Å²) >= 11 is 0. The molecule has 1 aliphatic rings. The second-order valence-electron chi connectivity index (χ2n) is 4.87. The zero-order chi connectivity index (χ0) is 12.8. The van der Waals surface area contributed by atoms with Gasteiger partial charge in [-0.05, 0) is 32.4 Å². The van der Waals surface area contributed by atoms with Crippen molar-refractivity contribution < 1.29 is 4.74 Å². The second kappa shape index (κ2) is 6.76. The van der Waals surface area contributed by atoms with E-state index in [1.165, 1.54) is 24.8 Å². The Morgan fingerprint density at radius 2 is 2.22 bits per heavy atom. The van der Waals surface area contributed by atoms with Crippen molar-refractivity contribution in [3.05, 3.63) is 29.8 Å². The van der Waals surface area contributed by atoms with Crippen LogP contribution in [0.1, 0.15) is 37.7 Å². The van der Waals surface area contributed by atoms with E-state index in [1.807, 2.05) is 19.1 Å². The minimum Gasteiger partial charge on any atom is -0.494 e. The monoisotopic (exact) mass is 248 g/mol. The Morgan fingerprint density at radius 1 is 1.39 bits per heavy atom. The molecule has 0 amide bonds. The summed E-state index contributed by atoms with van der Waals surface area (Å²) in [4.78, 5) is 0. The maximum Gasteiger partial charge on any atom is 0.122 e. The highest BCUT2D eigenvalue weighted by Crippen LogP contribution is 2.31. The molecule has 0 saturated carbocycles. The van der Waals surface area contributed by atoms with Gasteiger partial charge in [-0.1, -0.05) is 24.6 Å². The molecule has 3 nitrogen and oxygen atoms in total. The molecule has 2 atom stereocenters. The number of nitrogens with two attached hydrogens (primary N) is 1. The summed E-state index contributed by atoms with van der Waals surface area (Å²) in [6, 6.07) is 8.79. The lowest BCUT2D eigenvalue weighted by Crippen LogP contribution is -2.41. The molecule has 2 unspecified atom stereocenters. The molecule has 0 radical (unpaired) electrons. The van der Waals surface area contributed by atoms with Gasteiger partial charge in [-0.25, -0.2) is 0 Å². The molecule has 3 N–H and O–H groups in total. The molecule has 100 valence electrons. The molecule has 0 spiro atoms. The van der Waals surface area contributed by atoms with Gasteiger partial charge in [-0.2, -0.15) is 0 Å². The number of nitrogens with one attached hydrogen (secondary N) is 1. The van der Waals surface area contributed by atoms with Crippen molar-refractivity contribution in [2.45, 2.75) is 38.1 Å². The van der Waals surface area contributed by atoms with Crippen molar-refractivity contribution in [2.75, 3.05) is 19.7 Å².